The molecule has 2 aromatic heterocycles. The fraction of sp³-hybridized carbons (Fsp3) is 0.227. The van der Waals surface area contributed by atoms with Crippen molar-refractivity contribution in [2.75, 3.05) is 23.7 Å². The fourth-order valence-corrected chi connectivity index (χ4v) is 3.43. The largest absolute Gasteiger partial charge is 0.378 e. The second-order valence-electron chi connectivity index (χ2n) is 7.16. The maximum Gasteiger partial charge on any atom is 0.252 e. The molecule has 0 saturated carbocycles. The summed E-state index contributed by atoms with van der Waals surface area (Å²) in [5.41, 5.74) is 8.90. The van der Waals surface area contributed by atoms with Crippen LogP contribution in [0.5, 0.6) is 0 Å². The summed E-state index contributed by atoms with van der Waals surface area (Å²) in [5, 5.41) is 9.35. The molecule has 4 rings (SSSR count). The summed E-state index contributed by atoms with van der Waals surface area (Å²) in [6, 6.07) is 14.8. The number of alkyl halides is 1. The quantitative estimate of drug-likeness (QED) is 0.501. The van der Waals surface area contributed by atoms with E-state index in [4.69, 9.17) is 5.73 Å². The molecule has 3 aromatic rings. The molecule has 2 atom stereocenters. The molecule has 1 fully saturated rings. The lowest BCUT2D eigenvalue weighted by Crippen LogP contribution is -2.45. The van der Waals surface area contributed by atoms with E-state index in [-0.39, 0.29) is 12.1 Å². The molecule has 0 radical (unpaired) electrons. The van der Waals surface area contributed by atoms with Gasteiger partial charge in [0, 0.05) is 36.3 Å². The highest BCUT2D eigenvalue weighted by molar-refractivity contribution is 5.98. The Morgan fingerprint density at radius 1 is 1.17 bits per heavy atom. The van der Waals surface area contributed by atoms with E-state index >= 15 is 0 Å². The molecule has 8 heteroatoms. The van der Waals surface area contributed by atoms with E-state index in [0.29, 0.717) is 24.5 Å². The highest BCUT2D eigenvalue weighted by Gasteiger charge is 2.25. The van der Waals surface area contributed by atoms with Gasteiger partial charge in [0.2, 0.25) is 0 Å². The van der Waals surface area contributed by atoms with E-state index in [1.807, 2.05) is 42.5 Å². The molecule has 1 aromatic carbocycles. The first-order valence-electron chi connectivity index (χ1n) is 9.80. The molecule has 3 heterocycles. The van der Waals surface area contributed by atoms with Gasteiger partial charge >= 0.3 is 0 Å². The van der Waals surface area contributed by atoms with Crippen LogP contribution in [0.1, 0.15) is 16.8 Å². The van der Waals surface area contributed by atoms with Gasteiger partial charge < -0.3 is 21.7 Å². The van der Waals surface area contributed by atoms with Crippen molar-refractivity contribution in [2.45, 2.75) is 18.6 Å². The molecule has 0 unspecified atom stereocenters. The summed E-state index contributed by atoms with van der Waals surface area (Å²) < 4.78 is 14.2. The zero-order valence-electron chi connectivity index (χ0n) is 16.3. The van der Waals surface area contributed by atoms with Crippen LogP contribution in [0.15, 0.2) is 60.9 Å². The van der Waals surface area contributed by atoms with Gasteiger partial charge in [0.05, 0.1) is 23.0 Å². The lowest BCUT2D eigenvalue weighted by molar-refractivity contribution is 0.100. The normalized spacial score (nSPS) is 18.6. The zero-order chi connectivity index (χ0) is 20.9. The fourth-order valence-electron chi connectivity index (χ4n) is 3.43. The van der Waals surface area contributed by atoms with Crippen LogP contribution < -0.4 is 21.7 Å². The van der Waals surface area contributed by atoms with Gasteiger partial charge in [0.1, 0.15) is 12.0 Å². The molecule has 5 N–H and O–H groups in total. The Kier molecular flexibility index (Phi) is 5.85. The van der Waals surface area contributed by atoms with Crippen molar-refractivity contribution < 1.29 is 9.18 Å². The number of carbonyl (C=O) groups is 1. The van der Waals surface area contributed by atoms with Crippen molar-refractivity contribution in [1.82, 2.24) is 15.3 Å². The number of primary amides is 1. The molecule has 0 bridgehead atoms. The molecule has 1 amide bonds. The molecule has 1 aliphatic rings. The number of amides is 1. The third-order valence-corrected chi connectivity index (χ3v) is 5.04. The Morgan fingerprint density at radius 2 is 2.00 bits per heavy atom. The van der Waals surface area contributed by atoms with Crippen molar-refractivity contribution in [3.63, 3.8) is 0 Å². The standard InChI is InChI=1S/C22H23FN6O/c23-17-13-25-10-8-19(17)29-20-11-21(27-12-16(20)22(24)30)28-15-6-4-14(5-7-15)18-3-1-2-9-26-18/h1-7,9,11-12,17,19,25H,8,10,13H2,(H2,24,30)(H2,27,28,29)/t17-,19+/m0/s1. The number of carbonyl (C=O) groups excluding carboxylic acids is 1. The lowest BCUT2D eigenvalue weighted by Gasteiger charge is -2.29. The number of nitrogens with zero attached hydrogens (tertiary/aromatic N) is 2. The van der Waals surface area contributed by atoms with Gasteiger partial charge in [-0.3, -0.25) is 9.78 Å². The first-order chi connectivity index (χ1) is 14.6. The van der Waals surface area contributed by atoms with Gasteiger partial charge in [-0.15, -0.1) is 0 Å². The molecule has 0 aliphatic carbocycles. The second-order valence-corrected chi connectivity index (χ2v) is 7.16. The Labute approximate surface area is 173 Å². The number of halogens is 1. The summed E-state index contributed by atoms with van der Waals surface area (Å²) in [7, 11) is 0. The smallest absolute Gasteiger partial charge is 0.252 e. The predicted octanol–water partition coefficient (Wildman–Crippen LogP) is 3.10. The summed E-state index contributed by atoms with van der Waals surface area (Å²) in [6.07, 6.45) is 2.72. The average molecular weight is 406 g/mol. The van der Waals surface area contributed by atoms with E-state index in [1.54, 1.807) is 12.3 Å². The maximum absolute atomic E-state index is 14.2. The Hall–Kier alpha value is -3.52. The Morgan fingerprint density at radius 3 is 2.70 bits per heavy atom. The van der Waals surface area contributed by atoms with E-state index < -0.39 is 18.1 Å². The monoisotopic (exact) mass is 406 g/mol. The zero-order valence-corrected chi connectivity index (χ0v) is 16.3. The number of pyridine rings is 2. The molecule has 1 aliphatic heterocycles. The molecule has 1 saturated heterocycles. The van der Waals surface area contributed by atoms with Crippen molar-refractivity contribution in [1.29, 1.82) is 0 Å². The topological polar surface area (TPSA) is 105 Å². The molecule has 30 heavy (non-hydrogen) atoms. The number of hydrogen-bond acceptors (Lipinski definition) is 6. The summed E-state index contributed by atoms with van der Waals surface area (Å²) in [4.78, 5) is 20.4. The van der Waals surface area contributed by atoms with Gasteiger partial charge in [0.25, 0.3) is 5.91 Å². The molecular weight excluding hydrogens is 383 g/mol. The van der Waals surface area contributed by atoms with Gasteiger partial charge in [-0.2, -0.15) is 0 Å². The van der Waals surface area contributed by atoms with Gasteiger partial charge in [0.15, 0.2) is 0 Å². The number of benzene rings is 1. The van der Waals surface area contributed by atoms with Crippen molar-refractivity contribution in [3.8, 4) is 11.3 Å². The summed E-state index contributed by atoms with van der Waals surface area (Å²) in [5.74, 6) is -0.0852. The molecule has 154 valence electrons. The number of anilines is 3. The highest BCUT2D eigenvalue weighted by Crippen LogP contribution is 2.25. The maximum atomic E-state index is 14.2. The number of piperidine rings is 1. The Bertz CT molecular complexity index is 1010. The van der Waals surface area contributed by atoms with Crippen LogP contribution in [0.2, 0.25) is 0 Å². The number of nitrogens with one attached hydrogen (secondary N) is 3. The van der Waals surface area contributed by atoms with Crippen LogP contribution in [0.25, 0.3) is 11.3 Å². The van der Waals surface area contributed by atoms with Crippen molar-refractivity contribution >= 4 is 23.1 Å². The van der Waals surface area contributed by atoms with E-state index in [2.05, 4.69) is 25.9 Å². The van der Waals surface area contributed by atoms with E-state index in [1.165, 1.54) is 6.20 Å². The van der Waals surface area contributed by atoms with Crippen molar-refractivity contribution in [2.24, 2.45) is 5.73 Å². The summed E-state index contributed by atoms with van der Waals surface area (Å²) in [6.45, 7) is 0.991. The third kappa shape index (κ3) is 4.55. The number of aromatic nitrogens is 2. The minimum atomic E-state index is -1.05. The molecular formula is C22H23FN6O. The first kappa shape index (κ1) is 19.8. The number of hydrogen-bond donors (Lipinski definition) is 4. The highest BCUT2D eigenvalue weighted by atomic mass is 19.1. The molecule has 7 nitrogen and oxygen atoms in total. The van der Waals surface area contributed by atoms with E-state index in [9.17, 15) is 9.18 Å². The second kappa shape index (κ2) is 8.87. The van der Waals surface area contributed by atoms with Crippen LogP contribution in [0.4, 0.5) is 21.6 Å². The lowest BCUT2D eigenvalue weighted by atomic mass is 10.0. The minimum Gasteiger partial charge on any atom is -0.378 e. The Balaban J connectivity index is 1.53. The van der Waals surface area contributed by atoms with Crippen LogP contribution in [-0.2, 0) is 0 Å². The van der Waals surface area contributed by atoms with Gasteiger partial charge in [-0.05, 0) is 37.2 Å². The summed E-state index contributed by atoms with van der Waals surface area (Å²) >= 11 is 0. The van der Waals surface area contributed by atoms with Crippen LogP contribution in [-0.4, -0.2) is 41.2 Å². The number of rotatable bonds is 6. The average Bonchev–Trinajstić information content (AvgIpc) is 2.76. The molecule has 0 spiro atoms. The van der Waals surface area contributed by atoms with Gasteiger partial charge in [-0.1, -0.05) is 18.2 Å². The first-order valence-corrected chi connectivity index (χ1v) is 9.80. The van der Waals surface area contributed by atoms with Crippen LogP contribution in [0.3, 0.4) is 0 Å². The van der Waals surface area contributed by atoms with Crippen LogP contribution in [0, 0.1) is 0 Å². The third-order valence-electron chi connectivity index (χ3n) is 5.04. The van der Waals surface area contributed by atoms with Crippen LogP contribution >= 0.6 is 0 Å². The van der Waals surface area contributed by atoms with Crippen molar-refractivity contribution in [3.05, 3.63) is 66.5 Å². The number of nitrogens with two attached hydrogens (primary N) is 1. The minimum absolute atomic E-state index is 0.233. The SMILES string of the molecule is NC(=O)c1cnc(Nc2ccc(-c3ccccn3)cc2)cc1N[C@@H]1CCNC[C@@H]1F. The van der Waals surface area contributed by atoms with Gasteiger partial charge in [-0.25, -0.2) is 9.37 Å². The predicted molar refractivity (Wildman–Crippen MR) is 116 cm³/mol. The van der Waals surface area contributed by atoms with E-state index in [0.717, 1.165) is 16.9 Å².